The van der Waals surface area contributed by atoms with Gasteiger partial charge < -0.3 is 5.32 Å². The first-order valence-electron chi connectivity index (χ1n) is 9.20. The molecule has 1 unspecified atom stereocenters. The SMILES string of the molecule is CCCS(=O)(=O)N1CCCCC1C(=O)NCC(C)(C)c1ccc(Br)cc1. The molecule has 7 heteroatoms. The minimum Gasteiger partial charge on any atom is -0.354 e. The monoisotopic (exact) mass is 444 g/mol. The summed E-state index contributed by atoms with van der Waals surface area (Å²) in [6, 6.07) is 7.46. The molecule has 1 amide bonds. The van der Waals surface area contributed by atoms with Gasteiger partial charge in [-0.3, -0.25) is 4.79 Å². The fraction of sp³-hybridized carbons (Fsp3) is 0.632. The summed E-state index contributed by atoms with van der Waals surface area (Å²) in [5.74, 6) is -0.0872. The molecule has 1 aliphatic rings. The van der Waals surface area contributed by atoms with Crippen LogP contribution in [0.4, 0.5) is 0 Å². The van der Waals surface area contributed by atoms with Gasteiger partial charge in [0.2, 0.25) is 15.9 Å². The van der Waals surface area contributed by atoms with E-state index in [0.717, 1.165) is 22.9 Å². The first kappa shape index (κ1) is 21.4. The van der Waals surface area contributed by atoms with Crippen LogP contribution < -0.4 is 5.32 Å². The number of carbonyl (C=O) groups is 1. The van der Waals surface area contributed by atoms with Crippen LogP contribution in [0.3, 0.4) is 0 Å². The van der Waals surface area contributed by atoms with Gasteiger partial charge in [0.1, 0.15) is 6.04 Å². The Morgan fingerprint density at radius 2 is 1.92 bits per heavy atom. The third kappa shape index (κ3) is 5.30. The lowest BCUT2D eigenvalue weighted by Crippen LogP contribution is -2.53. The Bertz CT molecular complexity index is 717. The predicted molar refractivity (Wildman–Crippen MR) is 109 cm³/mol. The molecule has 0 aromatic heterocycles. The van der Waals surface area contributed by atoms with Crippen LogP contribution >= 0.6 is 15.9 Å². The first-order chi connectivity index (χ1) is 12.2. The van der Waals surface area contributed by atoms with E-state index in [-0.39, 0.29) is 17.1 Å². The molecule has 0 saturated carbocycles. The highest BCUT2D eigenvalue weighted by Gasteiger charge is 2.36. The van der Waals surface area contributed by atoms with Gasteiger partial charge in [0.05, 0.1) is 5.75 Å². The van der Waals surface area contributed by atoms with Crippen molar-refractivity contribution in [2.24, 2.45) is 0 Å². The highest BCUT2D eigenvalue weighted by Crippen LogP contribution is 2.25. The van der Waals surface area contributed by atoms with Crippen molar-refractivity contribution in [3.05, 3.63) is 34.3 Å². The molecule has 0 bridgehead atoms. The van der Waals surface area contributed by atoms with Gasteiger partial charge in [-0.15, -0.1) is 0 Å². The molecule has 26 heavy (non-hydrogen) atoms. The standard InChI is InChI=1S/C19H29BrN2O3S/c1-4-13-26(24,25)22-12-6-5-7-17(22)18(23)21-14-19(2,3)15-8-10-16(20)11-9-15/h8-11,17H,4-7,12-14H2,1-3H3,(H,21,23). The summed E-state index contributed by atoms with van der Waals surface area (Å²) < 4.78 is 27.4. The predicted octanol–water partition coefficient (Wildman–Crippen LogP) is 3.44. The first-order valence-corrected chi connectivity index (χ1v) is 11.6. The lowest BCUT2D eigenvalue weighted by molar-refractivity contribution is -0.125. The fourth-order valence-electron chi connectivity index (χ4n) is 3.30. The number of amides is 1. The molecule has 1 N–H and O–H groups in total. The van der Waals surface area contributed by atoms with E-state index in [4.69, 9.17) is 0 Å². The molecule has 1 aromatic rings. The Labute approximate surface area is 165 Å². The lowest BCUT2D eigenvalue weighted by atomic mass is 9.84. The summed E-state index contributed by atoms with van der Waals surface area (Å²) in [7, 11) is -3.37. The van der Waals surface area contributed by atoms with E-state index in [1.165, 1.54) is 4.31 Å². The zero-order valence-corrected chi connectivity index (χ0v) is 18.2. The van der Waals surface area contributed by atoms with Gasteiger partial charge in [-0.1, -0.05) is 55.3 Å². The summed E-state index contributed by atoms with van der Waals surface area (Å²) in [4.78, 5) is 12.8. The van der Waals surface area contributed by atoms with Gasteiger partial charge in [0.25, 0.3) is 0 Å². The maximum Gasteiger partial charge on any atom is 0.238 e. The Kier molecular flexibility index (Phi) is 7.27. The average molecular weight is 445 g/mol. The maximum atomic E-state index is 12.8. The van der Waals surface area contributed by atoms with E-state index < -0.39 is 16.1 Å². The topological polar surface area (TPSA) is 66.5 Å². The minimum absolute atomic E-state index is 0.0984. The van der Waals surface area contributed by atoms with Crippen LogP contribution in [-0.2, 0) is 20.2 Å². The van der Waals surface area contributed by atoms with Crippen molar-refractivity contribution < 1.29 is 13.2 Å². The van der Waals surface area contributed by atoms with Crippen molar-refractivity contribution in [3.8, 4) is 0 Å². The van der Waals surface area contributed by atoms with E-state index in [1.54, 1.807) is 0 Å². The molecule has 146 valence electrons. The van der Waals surface area contributed by atoms with Crippen molar-refractivity contribution in [1.82, 2.24) is 9.62 Å². The highest BCUT2D eigenvalue weighted by atomic mass is 79.9. The van der Waals surface area contributed by atoms with E-state index in [1.807, 2.05) is 31.2 Å². The molecule has 1 aromatic carbocycles. The number of piperidine rings is 1. The van der Waals surface area contributed by atoms with Crippen molar-refractivity contribution >= 4 is 31.9 Å². The second-order valence-corrected chi connectivity index (χ2v) is 10.5. The minimum atomic E-state index is -3.37. The quantitative estimate of drug-likeness (QED) is 0.699. The van der Waals surface area contributed by atoms with E-state index in [9.17, 15) is 13.2 Å². The van der Waals surface area contributed by atoms with Gasteiger partial charge in [0, 0.05) is 23.0 Å². The molecule has 1 heterocycles. The molecule has 1 atom stereocenters. The van der Waals surface area contributed by atoms with Gasteiger partial charge in [0.15, 0.2) is 0 Å². The van der Waals surface area contributed by atoms with Crippen LogP contribution in [0.15, 0.2) is 28.7 Å². The molecule has 5 nitrogen and oxygen atoms in total. The second kappa shape index (κ2) is 8.85. The number of hydrogen-bond acceptors (Lipinski definition) is 3. The third-order valence-corrected chi connectivity index (χ3v) is 7.51. The van der Waals surface area contributed by atoms with Gasteiger partial charge in [-0.05, 0) is 37.0 Å². The Balaban J connectivity index is 2.06. The summed E-state index contributed by atoms with van der Waals surface area (Å²) in [6.45, 7) is 6.89. The average Bonchev–Trinajstić information content (AvgIpc) is 2.60. The molecule has 2 rings (SSSR count). The van der Waals surface area contributed by atoms with Crippen LogP contribution in [0.1, 0.15) is 52.0 Å². The summed E-state index contributed by atoms with van der Waals surface area (Å²) in [5.41, 5.74) is 0.887. The summed E-state index contributed by atoms with van der Waals surface area (Å²) in [6.07, 6.45) is 2.85. The second-order valence-electron chi connectivity index (χ2n) is 7.55. The fourth-order valence-corrected chi connectivity index (χ4v) is 5.32. The third-order valence-electron chi connectivity index (χ3n) is 4.91. The molecule has 0 aliphatic carbocycles. The van der Waals surface area contributed by atoms with E-state index >= 15 is 0 Å². The molecule has 0 spiro atoms. The molecule has 1 fully saturated rings. The van der Waals surface area contributed by atoms with E-state index in [2.05, 4.69) is 35.1 Å². The van der Waals surface area contributed by atoms with Crippen molar-refractivity contribution in [3.63, 3.8) is 0 Å². The number of halogens is 1. The Hall–Kier alpha value is -0.920. The normalized spacial score (nSPS) is 19.3. The zero-order valence-electron chi connectivity index (χ0n) is 15.8. The van der Waals surface area contributed by atoms with E-state index in [0.29, 0.717) is 25.9 Å². The molecule has 1 saturated heterocycles. The van der Waals surface area contributed by atoms with Gasteiger partial charge in [-0.2, -0.15) is 4.31 Å². The molecular weight excluding hydrogens is 416 g/mol. The Morgan fingerprint density at radius 3 is 2.54 bits per heavy atom. The lowest BCUT2D eigenvalue weighted by Gasteiger charge is -2.34. The highest BCUT2D eigenvalue weighted by molar-refractivity contribution is 9.10. The number of nitrogens with one attached hydrogen (secondary N) is 1. The summed E-state index contributed by atoms with van der Waals surface area (Å²) in [5, 5.41) is 2.99. The molecular formula is C19H29BrN2O3S. The van der Waals surface area contributed by atoms with Gasteiger partial charge in [-0.25, -0.2) is 8.42 Å². The van der Waals surface area contributed by atoms with Crippen molar-refractivity contribution in [2.45, 2.75) is 57.9 Å². The van der Waals surface area contributed by atoms with Crippen LogP contribution in [0, 0.1) is 0 Å². The number of carbonyl (C=O) groups excluding carboxylic acids is 1. The Morgan fingerprint density at radius 1 is 1.27 bits per heavy atom. The summed E-state index contributed by atoms with van der Waals surface area (Å²) >= 11 is 3.43. The van der Waals surface area contributed by atoms with Crippen molar-refractivity contribution in [1.29, 1.82) is 0 Å². The zero-order chi connectivity index (χ0) is 19.4. The number of nitrogens with zero attached hydrogens (tertiary/aromatic N) is 1. The van der Waals surface area contributed by atoms with Crippen molar-refractivity contribution in [2.75, 3.05) is 18.8 Å². The van der Waals surface area contributed by atoms with Gasteiger partial charge >= 0.3 is 0 Å². The largest absolute Gasteiger partial charge is 0.354 e. The maximum absolute atomic E-state index is 12.8. The molecule has 1 aliphatic heterocycles. The van der Waals surface area contributed by atoms with Crippen LogP contribution in [0.5, 0.6) is 0 Å². The number of sulfonamides is 1. The smallest absolute Gasteiger partial charge is 0.238 e. The number of rotatable bonds is 7. The van der Waals surface area contributed by atoms with Crippen LogP contribution in [0.2, 0.25) is 0 Å². The molecule has 0 radical (unpaired) electrons. The number of benzene rings is 1. The van der Waals surface area contributed by atoms with Crippen LogP contribution in [0.25, 0.3) is 0 Å². The number of hydrogen-bond donors (Lipinski definition) is 1. The van der Waals surface area contributed by atoms with Crippen LogP contribution in [-0.4, -0.2) is 43.5 Å².